The highest BCUT2D eigenvalue weighted by molar-refractivity contribution is 5.67. The van der Waals surface area contributed by atoms with Crippen LogP contribution in [0.1, 0.15) is 5.69 Å². The largest absolute Gasteiger partial charge is 0.497 e. The van der Waals surface area contributed by atoms with E-state index in [0.717, 1.165) is 17.1 Å². The normalized spacial score (nSPS) is 10.2. The van der Waals surface area contributed by atoms with Crippen molar-refractivity contribution in [2.24, 2.45) is 0 Å². The second-order valence-corrected chi connectivity index (χ2v) is 6.10. The first-order chi connectivity index (χ1) is 14.1. The van der Waals surface area contributed by atoms with Gasteiger partial charge in [0.25, 0.3) is 0 Å². The smallest absolute Gasteiger partial charge is 0.229 e. The van der Waals surface area contributed by atoms with Crippen LogP contribution in [0.15, 0.2) is 42.5 Å². The molecule has 0 aliphatic rings. The average Bonchev–Trinajstić information content (AvgIpc) is 2.73. The van der Waals surface area contributed by atoms with Crippen molar-refractivity contribution in [3.05, 3.63) is 48.2 Å². The number of benzene rings is 2. The molecule has 2 N–H and O–H groups in total. The van der Waals surface area contributed by atoms with Crippen LogP contribution in [-0.4, -0.2) is 38.4 Å². The molecule has 0 aliphatic heterocycles. The fraction of sp³-hybridized carbons (Fsp3) is 0.238. The van der Waals surface area contributed by atoms with Crippen molar-refractivity contribution >= 4 is 23.1 Å². The van der Waals surface area contributed by atoms with Crippen molar-refractivity contribution in [3.63, 3.8) is 0 Å². The van der Waals surface area contributed by atoms with Gasteiger partial charge in [-0.15, -0.1) is 0 Å². The Hall–Kier alpha value is -3.68. The Balaban J connectivity index is 1.85. The third kappa shape index (κ3) is 4.78. The Morgan fingerprint density at radius 2 is 1.45 bits per heavy atom. The summed E-state index contributed by atoms with van der Waals surface area (Å²) in [5, 5.41) is 6.46. The number of aryl methyl sites for hydroxylation is 1. The third-order valence-corrected chi connectivity index (χ3v) is 4.17. The molecule has 3 rings (SSSR count). The molecule has 0 amide bonds. The molecule has 152 valence electrons. The molecule has 0 atom stereocenters. The molecular formula is C21H24N4O4. The zero-order chi connectivity index (χ0) is 20.8. The zero-order valence-electron chi connectivity index (χ0n) is 17.1. The average molecular weight is 396 g/mol. The number of anilines is 4. The molecule has 0 aliphatic carbocycles. The van der Waals surface area contributed by atoms with Crippen LogP contribution in [0.25, 0.3) is 0 Å². The lowest BCUT2D eigenvalue weighted by molar-refractivity contribution is 0.355. The second kappa shape index (κ2) is 9.01. The Morgan fingerprint density at radius 3 is 2.14 bits per heavy atom. The molecule has 0 radical (unpaired) electrons. The summed E-state index contributed by atoms with van der Waals surface area (Å²) in [6, 6.07) is 12.9. The van der Waals surface area contributed by atoms with Gasteiger partial charge < -0.3 is 29.6 Å². The molecule has 0 fully saturated rings. The molecule has 1 aromatic heterocycles. The monoisotopic (exact) mass is 396 g/mol. The van der Waals surface area contributed by atoms with Crippen LogP contribution in [0, 0.1) is 6.92 Å². The van der Waals surface area contributed by atoms with Crippen LogP contribution >= 0.6 is 0 Å². The summed E-state index contributed by atoms with van der Waals surface area (Å²) < 4.78 is 21.3. The maximum absolute atomic E-state index is 5.44. The van der Waals surface area contributed by atoms with Crippen molar-refractivity contribution in [1.82, 2.24) is 9.97 Å². The lowest BCUT2D eigenvalue weighted by Crippen LogP contribution is -2.03. The number of hydrogen-bond acceptors (Lipinski definition) is 8. The molecule has 8 nitrogen and oxygen atoms in total. The SMILES string of the molecule is COc1ccc(Nc2cc(C)nc(Nc3ccc(OC)c(OC)c3)n2)c(OC)c1. The highest BCUT2D eigenvalue weighted by Gasteiger charge is 2.10. The van der Waals surface area contributed by atoms with Crippen molar-refractivity contribution in [1.29, 1.82) is 0 Å². The van der Waals surface area contributed by atoms with E-state index in [2.05, 4.69) is 20.6 Å². The minimum Gasteiger partial charge on any atom is -0.497 e. The molecule has 8 heteroatoms. The van der Waals surface area contributed by atoms with Gasteiger partial charge in [-0.05, 0) is 31.2 Å². The summed E-state index contributed by atoms with van der Waals surface area (Å²) in [6.45, 7) is 1.90. The minimum absolute atomic E-state index is 0.451. The molecule has 0 saturated carbocycles. The number of rotatable bonds is 8. The molecule has 3 aromatic rings. The van der Waals surface area contributed by atoms with Crippen LogP contribution in [-0.2, 0) is 0 Å². The van der Waals surface area contributed by atoms with E-state index < -0.39 is 0 Å². The standard InChI is InChI=1S/C21H24N4O4/c1-13-10-20(24-16-8-7-15(26-2)12-18(16)28-4)25-21(22-13)23-14-6-9-17(27-3)19(11-14)29-5/h6-12H,1-5H3,(H2,22,23,24,25). The first-order valence-corrected chi connectivity index (χ1v) is 8.90. The number of aromatic nitrogens is 2. The predicted molar refractivity (Wildman–Crippen MR) is 112 cm³/mol. The van der Waals surface area contributed by atoms with Gasteiger partial charge in [-0.25, -0.2) is 4.98 Å². The summed E-state index contributed by atoms with van der Waals surface area (Å²) >= 11 is 0. The quantitative estimate of drug-likeness (QED) is 0.583. The molecule has 2 aromatic carbocycles. The highest BCUT2D eigenvalue weighted by atomic mass is 16.5. The van der Waals surface area contributed by atoms with Crippen LogP contribution in [0.5, 0.6) is 23.0 Å². The van der Waals surface area contributed by atoms with Crippen molar-refractivity contribution in [2.45, 2.75) is 6.92 Å². The molecule has 0 saturated heterocycles. The first kappa shape index (κ1) is 20.1. The van der Waals surface area contributed by atoms with Gasteiger partial charge in [-0.2, -0.15) is 4.98 Å². The lowest BCUT2D eigenvalue weighted by atomic mass is 10.2. The van der Waals surface area contributed by atoms with E-state index in [4.69, 9.17) is 18.9 Å². The molecule has 1 heterocycles. The van der Waals surface area contributed by atoms with E-state index in [9.17, 15) is 0 Å². The Morgan fingerprint density at radius 1 is 0.690 bits per heavy atom. The van der Waals surface area contributed by atoms with E-state index >= 15 is 0 Å². The molecule has 0 unspecified atom stereocenters. The fourth-order valence-electron chi connectivity index (χ4n) is 2.77. The van der Waals surface area contributed by atoms with Gasteiger partial charge in [-0.1, -0.05) is 0 Å². The van der Waals surface area contributed by atoms with Crippen molar-refractivity contribution < 1.29 is 18.9 Å². The summed E-state index contributed by atoms with van der Waals surface area (Å²) in [7, 11) is 6.41. The predicted octanol–water partition coefficient (Wildman–Crippen LogP) is 4.31. The van der Waals surface area contributed by atoms with Crippen molar-refractivity contribution in [3.8, 4) is 23.0 Å². The number of methoxy groups -OCH3 is 4. The summed E-state index contributed by atoms with van der Waals surface area (Å²) in [5.74, 6) is 3.71. The summed E-state index contributed by atoms with van der Waals surface area (Å²) in [6.07, 6.45) is 0. The van der Waals surface area contributed by atoms with Crippen LogP contribution < -0.4 is 29.6 Å². The van der Waals surface area contributed by atoms with Crippen LogP contribution in [0.2, 0.25) is 0 Å². The maximum Gasteiger partial charge on any atom is 0.229 e. The van der Waals surface area contributed by atoms with Gasteiger partial charge in [0.05, 0.1) is 34.1 Å². The Bertz CT molecular complexity index is 994. The molecule has 0 bridgehead atoms. The van der Waals surface area contributed by atoms with Crippen LogP contribution in [0.3, 0.4) is 0 Å². The third-order valence-electron chi connectivity index (χ3n) is 4.17. The molecule has 0 spiro atoms. The minimum atomic E-state index is 0.451. The fourth-order valence-corrected chi connectivity index (χ4v) is 2.77. The topological polar surface area (TPSA) is 86.8 Å². The Kier molecular flexibility index (Phi) is 6.23. The van der Waals surface area contributed by atoms with E-state index in [0.29, 0.717) is 34.8 Å². The lowest BCUT2D eigenvalue weighted by Gasteiger charge is -2.14. The van der Waals surface area contributed by atoms with E-state index in [1.54, 1.807) is 34.5 Å². The molecular weight excluding hydrogens is 372 g/mol. The number of nitrogens with one attached hydrogen (secondary N) is 2. The zero-order valence-corrected chi connectivity index (χ0v) is 17.1. The van der Waals surface area contributed by atoms with Gasteiger partial charge in [-0.3, -0.25) is 0 Å². The number of ether oxygens (including phenoxy) is 4. The first-order valence-electron chi connectivity index (χ1n) is 8.90. The maximum atomic E-state index is 5.44. The van der Waals surface area contributed by atoms with Gasteiger partial charge >= 0.3 is 0 Å². The van der Waals surface area contributed by atoms with Gasteiger partial charge in [0.15, 0.2) is 11.5 Å². The molecule has 29 heavy (non-hydrogen) atoms. The van der Waals surface area contributed by atoms with E-state index in [-0.39, 0.29) is 0 Å². The number of hydrogen-bond donors (Lipinski definition) is 2. The van der Waals surface area contributed by atoms with Gasteiger partial charge in [0.2, 0.25) is 5.95 Å². The number of nitrogens with zero attached hydrogens (tertiary/aromatic N) is 2. The van der Waals surface area contributed by atoms with Crippen molar-refractivity contribution in [2.75, 3.05) is 39.1 Å². The van der Waals surface area contributed by atoms with Gasteiger partial charge in [0.1, 0.15) is 17.3 Å². The second-order valence-electron chi connectivity index (χ2n) is 6.10. The Labute approximate surface area is 169 Å². The summed E-state index contributed by atoms with van der Waals surface area (Å²) in [4.78, 5) is 9.00. The van der Waals surface area contributed by atoms with E-state index in [1.165, 1.54) is 0 Å². The summed E-state index contributed by atoms with van der Waals surface area (Å²) in [5.41, 5.74) is 2.35. The van der Waals surface area contributed by atoms with E-state index in [1.807, 2.05) is 43.3 Å². The van der Waals surface area contributed by atoms with Gasteiger partial charge in [0, 0.05) is 29.6 Å². The van der Waals surface area contributed by atoms with Crippen LogP contribution in [0.4, 0.5) is 23.1 Å². The highest BCUT2D eigenvalue weighted by Crippen LogP contribution is 2.32.